The lowest BCUT2D eigenvalue weighted by molar-refractivity contribution is 1.42. The Balaban J connectivity index is 2.76. The maximum absolute atomic E-state index is 3.90. The molecule has 37 valence electrons. The van der Waals surface area contributed by atoms with Gasteiger partial charge in [0.25, 0.3) is 0 Å². The van der Waals surface area contributed by atoms with E-state index in [0.29, 0.717) is 0 Å². The van der Waals surface area contributed by atoms with E-state index in [4.69, 9.17) is 0 Å². The fourth-order valence-electron chi connectivity index (χ4n) is 0.356. The number of nitrogens with zero attached hydrogens (tertiary/aromatic N) is 1. The van der Waals surface area contributed by atoms with Gasteiger partial charge in [0.1, 0.15) is 0 Å². The van der Waals surface area contributed by atoms with E-state index in [0.717, 1.165) is 0 Å². The summed E-state index contributed by atoms with van der Waals surface area (Å²) in [6.45, 7) is 2.00. The highest BCUT2D eigenvalue weighted by Crippen LogP contribution is 2.02. The molecule has 1 aromatic rings. The summed E-state index contributed by atoms with van der Waals surface area (Å²) in [6.07, 6.45) is 3.88. The van der Waals surface area contributed by atoms with Crippen molar-refractivity contribution in [1.29, 1.82) is 0 Å². The van der Waals surface area contributed by atoms with Gasteiger partial charge in [-0.05, 0) is 23.5 Å². The van der Waals surface area contributed by atoms with Crippen LogP contribution in [0.5, 0.6) is 0 Å². The van der Waals surface area contributed by atoms with Crippen LogP contribution < -0.4 is 0 Å². The van der Waals surface area contributed by atoms with Crippen LogP contribution in [0.25, 0.3) is 0 Å². The minimum atomic E-state index is 1.21. The van der Waals surface area contributed by atoms with Crippen molar-refractivity contribution in [2.24, 2.45) is 0 Å². The van der Waals surface area contributed by atoms with Gasteiger partial charge in [0, 0.05) is 11.6 Å². The van der Waals surface area contributed by atoms with Crippen molar-refractivity contribution < 1.29 is 0 Å². The van der Waals surface area contributed by atoms with Gasteiger partial charge in [-0.15, -0.1) is 0 Å². The quantitative estimate of drug-likeness (QED) is 0.539. The largest absolute Gasteiger partial charge is 0.201 e. The molecular formula is C5H6NS. The van der Waals surface area contributed by atoms with Crippen LogP contribution in [0.3, 0.4) is 0 Å². The molecule has 0 aliphatic rings. The molecule has 0 spiro atoms. The van der Waals surface area contributed by atoms with Crippen molar-refractivity contribution in [3.8, 4) is 0 Å². The van der Waals surface area contributed by atoms with Gasteiger partial charge in [0.15, 0.2) is 0 Å². The summed E-state index contributed by atoms with van der Waals surface area (Å²) in [5.41, 5.74) is 1.21. The van der Waals surface area contributed by atoms with Gasteiger partial charge in [0.05, 0.1) is 0 Å². The van der Waals surface area contributed by atoms with Crippen LogP contribution in [-0.4, -0.2) is 4.37 Å². The Labute approximate surface area is 47.2 Å². The number of hydrogen-bond acceptors (Lipinski definition) is 2. The molecule has 0 bridgehead atoms. The summed E-state index contributed by atoms with van der Waals surface area (Å²) in [4.78, 5) is 0. The SMILES string of the molecule is C[CH]c1cnsc1. The van der Waals surface area contributed by atoms with E-state index >= 15 is 0 Å². The molecule has 0 fully saturated rings. The van der Waals surface area contributed by atoms with Gasteiger partial charge in [-0.1, -0.05) is 6.92 Å². The lowest BCUT2D eigenvalue weighted by Gasteiger charge is -1.76. The Hall–Kier alpha value is -0.370. The molecule has 2 heteroatoms. The van der Waals surface area contributed by atoms with Gasteiger partial charge in [-0.25, -0.2) is 4.37 Å². The van der Waals surface area contributed by atoms with Crippen LogP contribution in [0.2, 0.25) is 0 Å². The van der Waals surface area contributed by atoms with E-state index < -0.39 is 0 Å². The summed E-state index contributed by atoms with van der Waals surface area (Å²) < 4.78 is 3.90. The van der Waals surface area contributed by atoms with E-state index in [2.05, 4.69) is 4.37 Å². The van der Waals surface area contributed by atoms with Crippen LogP contribution in [0.4, 0.5) is 0 Å². The molecule has 1 nitrogen and oxygen atoms in total. The predicted molar refractivity (Wildman–Crippen MR) is 31.2 cm³/mol. The summed E-state index contributed by atoms with van der Waals surface area (Å²) in [6, 6.07) is 0. The number of aromatic nitrogens is 1. The molecule has 1 heterocycles. The maximum Gasteiger partial charge on any atom is 0.0441 e. The Kier molecular flexibility index (Phi) is 1.42. The van der Waals surface area contributed by atoms with Crippen LogP contribution >= 0.6 is 11.5 Å². The van der Waals surface area contributed by atoms with Crippen molar-refractivity contribution in [1.82, 2.24) is 4.37 Å². The first-order valence-corrected chi connectivity index (χ1v) is 2.96. The molecule has 1 aromatic heterocycles. The fourth-order valence-corrected chi connectivity index (χ4v) is 0.918. The van der Waals surface area contributed by atoms with Gasteiger partial charge in [-0.3, -0.25) is 0 Å². The number of rotatable bonds is 1. The van der Waals surface area contributed by atoms with Gasteiger partial charge in [0.2, 0.25) is 0 Å². The average molecular weight is 112 g/mol. The second-order valence-electron chi connectivity index (χ2n) is 1.25. The van der Waals surface area contributed by atoms with E-state index in [1.165, 1.54) is 17.1 Å². The second kappa shape index (κ2) is 2.07. The molecule has 0 unspecified atom stereocenters. The van der Waals surface area contributed by atoms with Gasteiger partial charge >= 0.3 is 0 Å². The van der Waals surface area contributed by atoms with Crippen LogP contribution in [-0.2, 0) is 0 Å². The van der Waals surface area contributed by atoms with Crippen LogP contribution in [0.15, 0.2) is 11.6 Å². The molecule has 0 aromatic carbocycles. The first-order chi connectivity index (χ1) is 3.43. The van der Waals surface area contributed by atoms with Gasteiger partial charge in [-0.2, -0.15) is 0 Å². The molecular weight excluding hydrogens is 106 g/mol. The highest BCUT2D eigenvalue weighted by molar-refractivity contribution is 7.03. The van der Waals surface area contributed by atoms with Crippen molar-refractivity contribution in [3.63, 3.8) is 0 Å². The van der Waals surface area contributed by atoms with Gasteiger partial charge < -0.3 is 0 Å². The Morgan fingerprint density at radius 1 is 1.86 bits per heavy atom. The molecule has 0 saturated heterocycles. The Morgan fingerprint density at radius 3 is 3.00 bits per heavy atom. The maximum atomic E-state index is 3.90. The first-order valence-electron chi connectivity index (χ1n) is 2.12. The molecule has 0 amide bonds. The van der Waals surface area contributed by atoms with Crippen molar-refractivity contribution in [2.45, 2.75) is 6.92 Å². The zero-order valence-corrected chi connectivity index (χ0v) is 4.90. The fraction of sp³-hybridized carbons (Fsp3) is 0.200. The Bertz CT molecular complexity index is 123. The molecule has 0 aliphatic carbocycles. The summed E-state index contributed by atoms with van der Waals surface area (Å²) in [5.74, 6) is 0. The number of hydrogen-bond donors (Lipinski definition) is 0. The van der Waals surface area contributed by atoms with E-state index in [9.17, 15) is 0 Å². The second-order valence-corrected chi connectivity index (χ2v) is 1.90. The zero-order chi connectivity index (χ0) is 5.11. The first kappa shape index (κ1) is 4.78. The Morgan fingerprint density at radius 2 is 2.71 bits per heavy atom. The summed E-state index contributed by atoms with van der Waals surface area (Å²) in [7, 11) is 0. The summed E-state index contributed by atoms with van der Waals surface area (Å²) >= 11 is 1.48. The van der Waals surface area contributed by atoms with Crippen molar-refractivity contribution in [2.75, 3.05) is 0 Å². The van der Waals surface area contributed by atoms with Crippen LogP contribution in [0.1, 0.15) is 12.5 Å². The van der Waals surface area contributed by atoms with E-state index in [1.54, 1.807) is 0 Å². The molecule has 0 atom stereocenters. The molecule has 1 radical (unpaired) electrons. The standard InChI is InChI=1S/C5H6NS/c1-2-5-3-6-7-4-5/h2-4H,1H3. The smallest absolute Gasteiger partial charge is 0.0441 e. The lowest BCUT2D eigenvalue weighted by atomic mass is 10.3. The molecule has 1 rings (SSSR count). The normalized spacial score (nSPS) is 9.29. The van der Waals surface area contributed by atoms with E-state index in [-0.39, 0.29) is 0 Å². The molecule has 0 aliphatic heterocycles. The van der Waals surface area contributed by atoms with Crippen molar-refractivity contribution >= 4 is 11.5 Å². The minimum absolute atomic E-state index is 1.21. The average Bonchev–Trinajstić information content (AvgIpc) is 2.14. The molecule has 7 heavy (non-hydrogen) atoms. The third-order valence-corrected chi connectivity index (χ3v) is 1.39. The minimum Gasteiger partial charge on any atom is -0.201 e. The highest BCUT2D eigenvalue weighted by atomic mass is 32.1. The predicted octanol–water partition coefficient (Wildman–Crippen LogP) is 1.72. The molecule has 0 N–H and O–H groups in total. The summed E-state index contributed by atoms with van der Waals surface area (Å²) in [5, 5.41) is 2.01. The topological polar surface area (TPSA) is 12.9 Å². The lowest BCUT2D eigenvalue weighted by Crippen LogP contribution is -1.63. The third kappa shape index (κ3) is 0.996. The zero-order valence-electron chi connectivity index (χ0n) is 4.09. The highest BCUT2D eigenvalue weighted by Gasteiger charge is 1.84. The third-order valence-electron chi connectivity index (χ3n) is 0.785. The van der Waals surface area contributed by atoms with Crippen LogP contribution in [0, 0.1) is 6.42 Å². The molecule has 0 saturated carbocycles. The van der Waals surface area contributed by atoms with Crippen molar-refractivity contribution in [3.05, 3.63) is 23.6 Å². The van der Waals surface area contributed by atoms with E-state index in [1.807, 2.05) is 24.9 Å². The monoisotopic (exact) mass is 112 g/mol.